The van der Waals surface area contributed by atoms with Crippen LogP contribution in [0, 0.1) is 22.6 Å². The molecule has 244 valence electrons. The predicted octanol–water partition coefficient (Wildman–Crippen LogP) is 5.87. The second-order valence-electron chi connectivity index (χ2n) is 13.7. The lowest BCUT2D eigenvalue weighted by atomic mass is 9.57. The van der Waals surface area contributed by atoms with Crippen molar-refractivity contribution in [2.75, 3.05) is 50.2 Å². The molecular formula is C34H50FN3O6. The molecule has 2 aromatic carbocycles. The monoisotopic (exact) mass is 615 g/mol. The van der Waals surface area contributed by atoms with Crippen LogP contribution in [0.5, 0.6) is 0 Å². The van der Waals surface area contributed by atoms with Crippen LogP contribution in [0.4, 0.5) is 20.6 Å². The SMILES string of the molecule is COCCCOC(c1ccccc1F)C1CCCN(c2c(NC(CNC(=O)O)CC3(C(C)(C)C)CCCCC3)c(=O)c2=O)C1. The lowest BCUT2D eigenvalue weighted by molar-refractivity contribution is -0.00433. The van der Waals surface area contributed by atoms with Gasteiger partial charge in [0, 0.05) is 57.5 Å². The van der Waals surface area contributed by atoms with Gasteiger partial charge in [-0.1, -0.05) is 58.2 Å². The van der Waals surface area contributed by atoms with Gasteiger partial charge in [-0.25, -0.2) is 9.18 Å². The van der Waals surface area contributed by atoms with Gasteiger partial charge in [0.25, 0.3) is 10.9 Å². The Morgan fingerprint density at radius 2 is 1.84 bits per heavy atom. The highest BCUT2D eigenvalue weighted by atomic mass is 19.1. The third-order valence-corrected chi connectivity index (χ3v) is 9.98. The first-order valence-corrected chi connectivity index (χ1v) is 16.1. The Balaban J connectivity index is 1.57. The first-order valence-electron chi connectivity index (χ1n) is 16.1. The molecule has 1 amide bonds. The quantitative estimate of drug-likeness (QED) is 0.179. The normalized spacial score (nSPS) is 20.3. The Bertz CT molecular complexity index is 1310. The fourth-order valence-corrected chi connectivity index (χ4v) is 7.42. The number of halogens is 1. The summed E-state index contributed by atoms with van der Waals surface area (Å²) in [6, 6.07) is 6.27. The van der Waals surface area contributed by atoms with Gasteiger partial charge in [0.2, 0.25) is 0 Å². The molecule has 4 rings (SSSR count). The molecule has 1 heterocycles. The van der Waals surface area contributed by atoms with Crippen molar-refractivity contribution in [1.82, 2.24) is 5.32 Å². The van der Waals surface area contributed by atoms with Crippen molar-refractivity contribution in [3.05, 3.63) is 56.1 Å². The van der Waals surface area contributed by atoms with Crippen LogP contribution in [0.1, 0.15) is 90.2 Å². The Hall–Kier alpha value is -2.98. The van der Waals surface area contributed by atoms with Crippen LogP contribution in [0.3, 0.4) is 0 Å². The molecular weight excluding hydrogens is 565 g/mol. The van der Waals surface area contributed by atoms with E-state index in [4.69, 9.17) is 9.47 Å². The number of amides is 1. The van der Waals surface area contributed by atoms with Crippen molar-refractivity contribution >= 4 is 17.5 Å². The molecule has 1 saturated carbocycles. The van der Waals surface area contributed by atoms with E-state index in [0.29, 0.717) is 50.4 Å². The van der Waals surface area contributed by atoms with Crippen molar-refractivity contribution in [3.8, 4) is 0 Å². The Morgan fingerprint density at radius 1 is 1.11 bits per heavy atom. The van der Waals surface area contributed by atoms with Crippen molar-refractivity contribution in [2.45, 2.75) is 90.7 Å². The molecule has 3 atom stereocenters. The van der Waals surface area contributed by atoms with Crippen LogP contribution < -0.4 is 26.4 Å². The highest BCUT2D eigenvalue weighted by molar-refractivity contribution is 5.76. The highest BCUT2D eigenvalue weighted by Crippen LogP contribution is 2.53. The van der Waals surface area contributed by atoms with Crippen molar-refractivity contribution in [3.63, 3.8) is 0 Å². The molecule has 10 heteroatoms. The van der Waals surface area contributed by atoms with Crippen LogP contribution in [-0.4, -0.2) is 57.2 Å². The second-order valence-corrected chi connectivity index (χ2v) is 13.7. The average molecular weight is 616 g/mol. The number of benzene rings is 1. The van der Waals surface area contributed by atoms with Gasteiger partial charge in [0.05, 0.1) is 6.10 Å². The van der Waals surface area contributed by atoms with Crippen LogP contribution >= 0.6 is 0 Å². The summed E-state index contributed by atoms with van der Waals surface area (Å²) in [7, 11) is 1.63. The first-order chi connectivity index (χ1) is 21.0. The van der Waals surface area contributed by atoms with Crippen LogP contribution in [0.15, 0.2) is 33.9 Å². The molecule has 1 saturated heterocycles. The summed E-state index contributed by atoms with van der Waals surface area (Å²) in [4.78, 5) is 39.5. The van der Waals surface area contributed by atoms with Crippen molar-refractivity contribution in [1.29, 1.82) is 0 Å². The van der Waals surface area contributed by atoms with Gasteiger partial charge in [-0.2, -0.15) is 0 Å². The lowest BCUT2D eigenvalue weighted by Crippen LogP contribution is -2.50. The topological polar surface area (TPSA) is 117 Å². The molecule has 2 fully saturated rings. The van der Waals surface area contributed by atoms with E-state index in [1.165, 1.54) is 12.5 Å². The van der Waals surface area contributed by atoms with Gasteiger partial charge in [0.15, 0.2) is 0 Å². The molecule has 0 bridgehead atoms. The molecule has 3 unspecified atom stereocenters. The zero-order chi connectivity index (χ0) is 31.9. The fraction of sp³-hybridized carbons (Fsp3) is 0.676. The summed E-state index contributed by atoms with van der Waals surface area (Å²) in [5.41, 5.74) is -0.0549. The van der Waals surface area contributed by atoms with Gasteiger partial charge in [-0.15, -0.1) is 0 Å². The maximum atomic E-state index is 15.0. The predicted molar refractivity (Wildman–Crippen MR) is 171 cm³/mol. The second kappa shape index (κ2) is 14.9. The van der Waals surface area contributed by atoms with E-state index in [9.17, 15) is 23.9 Å². The molecule has 1 aliphatic heterocycles. The highest BCUT2D eigenvalue weighted by Gasteiger charge is 2.44. The fourth-order valence-electron chi connectivity index (χ4n) is 7.42. The lowest BCUT2D eigenvalue weighted by Gasteiger charge is -2.50. The number of rotatable bonds is 14. The molecule has 44 heavy (non-hydrogen) atoms. The number of nitrogens with zero attached hydrogens (tertiary/aromatic N) is 1. The maximum absolute atomic E-state index is 15.0. The Labute approximate surface area is 260 Å². The molecule has 9 nitrogen and oxygen atoms in total. The summed E-state index contributed by atoms with van der Waals surface area (Å²) < 4.78 is 26.4. The van der Waals surface area contributed by atoms with E-state index in [2.05, 4.69) is 31.4 Å². The van der Waals surface area contributed by atoms with E-state index < -0.39 is 23.1 Å². The summed E-state index contributed by atoms with van der Waals surface area (Å²) >= 11 is 0. The standard InChI is InChI=1S/C34H50FN3O6/c1-33(2,3)34(15-8-5-9-16-34)20-24(21-36-32(41)42)37-27-28(30(40)29(27)39)38-17-10-12-23(22-38)31(44-19-11-18-43-4)25-13-6-7-14-26(25)35/h6-7,13-14,23-24,31,36-37H,5,8-12,15-22H2,1-4H3,(H,41,42). The summed E-state index contributed by atoms with van der Waals surface area (Å²) in [5, 5.41) is 15.3. The van der Waals surface area contributed by atoms with E-state index >= 15 is 0 Å². The van der Waals surface area contributed by atoms with Crippen molar-refractivity contribution in [2.24, 2.45) is 16.7 Å². The number of ether oxygens (including phenoxy) is 2. The summed E-state index contributed by atoms with van der Waals surface area (Å²) in [5.74, 6) is -0.432. The maximum Gasteiger partial charge on any atom is 0.404 e. The average Bonchev–Trinajstić information content (AvgIpc) is 3.00. The first kappa shape index (κ1) is 33.9. The van der Waals surface area contributed by atoms with Gasteiger partial charge in [-0.3, -0.25) is 9.59 Å². The van der Waals surface area contributed by atoms with Gasteiger partial charge >= 0.3 is 6.09 Å². The molecule has 2 aliphatic rings. The van der Waals surface area contributed by atoms with Crippen LogP contribution in [-0.2, 0) is 9.47 Å². The zero-order valence-electron chi connectivity index (χ0n) is 26.8. The smallest absolute Gasteiger partial charge is 0.404 e. The molecule has 0 spiro atoms. The van der Waals surface area contributed by atoms with E-state index in [1.54, 1.807) is 25.3 Å². The van der Waals surface area contributed by atoms with Gasteiger partial charge < -0.3 is 30.1 Å². The third kappa shape index (κ3) is 7.80. The molecule has 2 aromatic rings. The minimum absolute atomic E-state index is 0.0156. The van der Waals surface area contributed by atoms with Crippen molar-refractivity contribution < 1.29 is 23.8 Å². The van der Waals surface area contributed by atoms with E-state index in [-0.39, 0.29) is 40.8 Å². The van der Waals surface area contributed by atoms with Crippen LogP contribution in [0.25, 0.3) is 0 Å². The number of nitrogens with one attached hydrogen (secondary N) is 2. The number of carboxylic acid groups (broad SMARTS) is 1. The summed E-state index contributed by atoms with van der Waals surface area (Å²) in [6.07, 6.45) is 6.76. The number of piperidine rings is 1. The van der Waals surface area contributed by atoms with Gasteiger partial charge in [-0.05, 0) is 55.4 Å². The minimum atomic E-state index is -1.13. The number of anilines is 2. The zero-order valence-corrected chi connectivity index (χ0v) is 26.8. The third-order valence-electron chi connectivity index (χ3n) is 9.98. The largest absolute Gasteiger partial charge is 0.465 e. The molecule has 3 N–H and O–H groups in total. The Morgan fingerprint density at radius 3 is 2.50 bits per heavy atom. The number of carbonyl (C=O) groups is 1. The number of methoxy groups -OCH3 is 1. The van der Waals surface area contributed by atoms with E-state index in [1.807, 2.05) is 4.90 Å². The molecule has 0 radical (unpaired) electrons. The number of hydrogen-bond donors (Lipinski definition) is 3. The number of hydrogen-bond acceptors (Lipinski definition) is 7. The Kier molecular flexibility index (Phi) is 11.5. The van der Waals surface area contributed by atoms with E-state index in [0.717, 1.165) is 38.5 Å². The molecule has 0 aromatic heterocycles. The summed E-state index contributed by atoms with van der Waals surface area (Å²) in [6.45, 7) is 8.80. The molecule has 1 aliphatic carbocycles. The van der Waals surface area contributed by atoms with Crippen LogP contribution in [0.2, 0.25) is 0 Å². The van der Waals surface area contributed by atoms with Gasteiger partial charge in [0.1, 0.15) is 17.2 Å². The minimum Gasteiger partial charge on any atom is -0.465 e.